The minimum Gasteiger partial charge on any atom is -0.324 e. The minimum atomic E-state index is 0.00969. The lowest BCUT2D eigenvalue weighted by Gasteiger charge is -2.26. The smallest absolute Gasteiger partial charge is 0.130 e. The lowest BCUT2D eigenvalue weighted by molar-refractivity contribution is 0.378. The molecule has 1 aromatic carbocycles. The van der Waals surface area contributed by atoms with Gasteiger partial charge < -0.3 is 9.88 Å². The molecule has 2 heterocycles. The Kier molecular flexibility index (Phi) is 3.18. The van der Waals surface area contributed by atoms with Gasteiger partial charge in [0.05, 0.1) is 16.6 Å². The summed E-state index contributed by atoms with van der Waals surface area (Å²) >= 11 is 3.54. The third-order valence-corrected chi connectivity index (χ3v) is 4.52. The third kappa shape index (κ3) is 2.11. The molecule has 3 nitrogen and oxygen atoms in total. The lowest BCUT2D eigenvalue weighted by atomic mass is 9.99. The van der Waals surface area contributed by atoms with E-state index < -0.39 is 0 Å². The van der Waals surface area contributed by atoms with Gasteiger partial charge >= 0.3 is 0 Å². The largest absolute Gasteiger partial charge is 0.324 e. The topological polar surface area (TPSA) is 29.9 Å². The van der Waals surface area contributed by atoms with Crippen molar-refractivity contribution in [2.45, 2.75) is 45.2 Å². The summed E-state index contributed by atoms with van der Waals surface area (Å²) in [5.74, 6) is 1.17. The van der Waals surface area contributed by atoms with Gasteiger partial charge in [-0.1, -0.05) is 15.9 Å². The van der Waals surface area contributed by atoms with E-state index in [9.17, 15) is 0 Å². The summed E-state index contributed by atoms with van der Waals surface area (Å²) in [4.78, 5) is 4.92. The van der Waals surface area contributed by atoms with E-state index in [0.29, 0.717) is 6.04 Å². The first-order valence-corrected chi connectivity index (χ1v) is 7.73. The van der Waals surface area contributed by atoms with Crippen molar-refractivity contribution in [1.29, 1.82) is 0 Å². The fraction of sp³-hybridized carbons (Fsp3) is 0.533. The number of rotatable bonds is 2. The number of fused-ring (bicyclic) bond motifs is 1. The summed E-state index contributed by atoms with van der Waals surface area (Å²) in [7, 11) is 0. The summed E-state index contributed by atoms with van der Waals surface area (Å²) in [5.41, 5.74) is 2.31. The highest BCUT2D eigenvalue weighted by molar-refractivity contribution is 9.10. The molecule has 3 rings (SSSR count). The van der Waals surface area contributed by atoms with E-state index in [-0.39, 0.29) is 5.54 Å². The predicted molar refractivity (Wildman–Crippen MR) is 82.4 cm³/mol. The summed E-state index contributed by atoms with van der Waals surface area (Å²) in [5, 5.41) is 3.63. The van der Waals surface area contributed by atoms with Gasteiger partial charge in [-0.25, -0.2) is 4.98 Å². The molecule has 1 atom stereocenters. The number of halogens is 1. The molecule has 2 aromatic rings. The van der Waals surface area contributed by atoms with Crippen LogP contribution < -0.4 is 5.32 Å². The first-order chi connectivity index (χ1) is 9.01. The van der Waals surface area contributed by atoms with Crippen LogP contribution in [0.3, 0.4) is 0 Å². The average molecular weight is 322 g/mol. The molecule has 0 aliphatic carbocycles. The molecule has 0 bridgehead atoms. The molecule has 1 unspecified atom stereocenters. The van der Waals surface area contributed by atoms with Crippen molar-refractivity contribution in [2.24, 2.45) is 0 Å². The number of imidazole rings is 1. The highest BCUT2D eigenvalue weighted by Crippen LogP contribution is 2.34. The van der Waals surface area contributed by atoms with E-state index >= 15 is 0 Å². The Hall–Kier alpha value is -0.870. The van der Waals surface area contributed by atoms with Crippen molar-refractivity contribution in [3.8, 4) is 0 Å². The van der Waals surface area contributed by atoms with Crippen LogP contribution in [0.5, 0.6) is 0 Å². The second kappa shape index (κ2) is 4.60. The van der Waals surface area contributed by atoms with Gasteiger partial charge in [0.15, 0.2) is 0 Å². The molecule has 19 heavy (non-hydrogen) atoms. The van der Waals surface area contributed by atoms with E-state index in [1.54, 1.807) is 0 Å². The molecule has 1 fully saturated rings. The van der Waals surface area contributed by atoms with Gasteiger partial charge in [-0.3, -0.25) is 0 Å². The number of hydrogen-bond donors (Lipinski definition) is 1. The summed E-state index contributed by atoms with van der Waals surface area (Å²) in [6, 6.07) is 6.78. The van der Waals surface area contributed by atoms with Crippen molar-refractivity contribution in [3.63, 3.8) is 0 Å². The summed E-state index contributed by atoms with van der Waals surface area (Å²) in [6.07, 6.45) is 2.38. The van der Waals surface area contributed by atoms with Crippen molar-refractivity contribution >= 4 is 27.0 Å². The second-order valence-corrected chi connectivity index (χ2v) is 6.81. The number of aromatic nitrogens is 2. The van der Waals surface area contributed by atoms with Crippen LogP contribution in [-0.2, 0) is 5.54 Å². The zero-order valence-corrected chi connectivity index (χ0v) is 13.3. The van der Waals surface area contributed by atoms with E-state index in [4.69, 9.17) is 4.98 Å². The van der Waals surface area contributed by atoms with Crippen molar-refractivity contribution in [2.75, 3.05) is 6.54 Å². The fourth-order valence-corrected chi connectivity index (χ4v) is 3.42. The molecule has 1 aromatic heterocycles. The van der Waals surface area contributed by atoms with E-state index in [1.807, 2.05) is 0 Å². The number of nitrogens with one attached hydrogen (secondary N) is 1. The third-order valence-electron chi connectivity index (χ3n) is 4.03. The summed E-state index contributed by atoms with van der Waals surface area (Å²) in [6.45, 7) is 7.81. The Morgan fingerprint density at radius 2 is 2.21 bits per heavy atom. The van der Waals surface area contributed by atoms with Crippen LogP contribution in [0.15, 0.2) is 22.7 Å². The van der Waals surface area contributed by atoms with Crippen molar-refractivity contribution in [3.05, 3.63) is 28.5 Å². The Bertz CT molecular complexity index is 609. The van der Waals surface area contributed by atoms with Crippen LogP contribution in [0.4, 0.5) is 0 Å². The second-order valence-electron chi connectivity index (χ2n) is 5.89. The maximum Gasteiger partial charge on any atom is 0.130 e. The zero-order valence-electron chi connectivity index (χ0n) is 11.7. The van der Waals surface area contributed by atoms with Crippen LogP contribution in [0.2, 0.25) is 0 Å². The van der Waals surface area contributed by atoms with Crippen molar-refractivity contribution in [1.82, 2.24) is 14.9 Å². The van der Waals surface area contributed by atoms with Crippen LogP contribution in [0.1, 0.15) is 45.5 Å². The molecule has 1 aliphatic heterocycles. The SMILES string of the molecule is CC(C)n1c(C2(C)CCCN2)nc2cc(Br)ccc21. The summed E-state index contributed by atoms with van der Waals surface area (Å²) < 4.78 is 3.46. The molecular formula is C15H20BrN3. The van der Waals surface area contributed by atoms with Crippen molar-refractivity contribution < 1.29 is 0 Å². The Labute approximate surface area is 122 Å². The predicted octanol–water partition coefficient (Wildman–Crippen LogP) is 3.98. The first-order valence-electron chi connectivity index (χ1n) is 6.94. The van der Waals surface area contributed by atoms with Gasteiger partial charge in [-0.2, -0.15) is 0 Å². The molecule has 0 amide bonds. The molecule has 4 heteroatoms. The molecule has 1 N–H and O–H groups in total. The number of hydrogen-bond acceptors (Lipinski definition) is 2. The van der Waals surface area contributed by atoms with E-state index in [0.717, 1.165) is 23.0 Å². The standard InChI is InChI=1S/C15H20BrN3/c1-10(2)19-13-6-5-11(16)9-12(13)18-14(19)15(3)7-4-8-17-15/h5-6,9-10,17H,4,7-8H2,1-3H3. The number of nitrogens with zero attached hydrogens (tertiary/aromatic N) is 2. The van der Waals surface area contributed by atoms with Gasteiger partial charge in [0.25, 0.3) is 0 Å². The Balaban J connectivity index is 2.25. The highest BCUT2D eigenvalue weighted by atomic mass is 79.9. The Morgan fingerprint density at radius 3 is 2.84 bits per heavy atom. The van der Waals surface area contributed by atoms with Crippen LogP contribution >= 0.6 is 15.9 Å². The van der Waals surface area contributed by atoms with Gasteiger partial charge in [0.1, 0.15) is 5.82 Å². The van der Waals surface area contributed by atoms with Gasteiger partial charge in [-0.15, -0.1) is 0 Å². The highest BCUT2D eigenvalue weighted by Gasteiger charge is 2.35. The van der Waals surface area contributed by atoms with Crippen LogP contribution in [0, 0.1) is 0 Å². The van der Waals surface area contributed by atoms with E-state index in [2.05, 4.69) is 64.8 Å². The Morgan fingerprint density at radius 1 is 1.42 bits per heavy atom. The monoisotopic (exact) mass is 321 g/mol. The van der Waals surface area contributed by atoms with Gasteiger partial charge in [0, 0.05) is 10.5 Å². The maximum atomic E-state index is 4.92. The quantitative estimate of drug-likeness (QED) is 0.906. The van der Waals surface area contributed by atoms with E-state index in [1.165, 1.54) is 17.8 Å². The lowest BCUT2D eigenvalue weighted by Crippen LogP contribution is -2.36. The molecule has 1 aliphatic rings. The van der Waals surface area contributed by atoms with Crippen LogP contribution in [0.25, 0.3) is 11.0 Å². The molecular weight excluding hydrogens is 302 g/mol. The number of benzene rings is 1. The zero-order chi connectivity index (χ0) is 13.6. The maximum absolute atomic E-state index is 4.92. The molecule has 0 radical (unpaired) electrons. The molecule has 0 saturated carbocycles. The fourth-order valence-electron chi connectivity index (χ4n) is 3.07. The normalized spacial score (nSPS) is 23.6. The first kappa shape index (κ1) is 13.1. The molecule has 102 valence electrons. The van der Waals surface area contributed by atoms with Gasteiger partial charge in [-0.05, 0) is 58.4 Å². The van der Waals surface area contributed by atoms with Gasteiger partial charge in [0.2, 0.25) is 0 Å². The minimum absolute atomic E-state index is 0.00969. The van der Waals surface area contributed by atoms with Crippen LogP contribution in [-0.4, -0.2) is 16.1 Å². The molecule has 1 saturated heterocycles. The molecule has 0 spiro atoms. The average Bonchev–Trinajstić information content (AvgIpc) is 2.93.